The molecule has 0 atom stereocenters. The van der Waals surface area contributed by atoms with Crippen LogP contribution in [-0.4, -0.2) is 48.4 Å². The van der Waals surface area contributed by atoms with Gasteiger partial charge in [-0.15, -0.1) is 0 Å². The van der Waals surface area contributed by atoms with Gasteiger partial charge in [0, 0.05) is 33.2 Å². The lowest BCUT2D eigenvalue weighted by Gasteiger charge is -2.40. The largest absolute Gasteiger partial charge is 0.231 e. The van der Waals surface area contributed by atoms with Gasteiger partial charge in [0.25, 0.3) is 0 Å². The summed E-state index contributed by atoms with van der Waals surface area (Å²) in [5.74, 6) is 0. The van der Waals surface area contributed by atoms with Crippen LogP contribution in [0, 0.1) is 0 Å². The molecule has 0 aromatic carbocycles. The van der Waals surface area contributed by atoms with Gasteiger partial charge >= 0.3 is 0 Å². The lowest BCUT2D eigenvalue weighted by atomic mass is 10.4. The molecule has 0 unspecified atom stereocenters. The molecule has 3 nitrogen and oxygen atoms in total. The van der Waals surface area contributed by atoms with Gasteiger partial charge in [0.1, 0.15) is 0 Å². The average Bonchev–Trinajstić information content (AvgIpc) is 2.03. The second-order valence-corrected chi connectivity index (χ2v) is 3.36. The lowest BCUT2D eigenvalue weighted by molar-refractivity contribution is -0.177. The Bertz CT molecular complexity index is 104. The summed E-state index contributed by atoms with van der Waals surface area (Å²) in [6, 6.07) is 0.528. The fourth-order valence-electron chi connectivity index (χ4n) is 1.34. The summed E-state index contributed by atoms with van der Waals surface area (Å²) in [6.45, 7) is 10.8. The molecule has 0 amide bonds. The van der Waals surface area contributed by atoms with Crippen LogP contribution in [0.2, 0.25) is 0 Å². The average molecular weight is 173 g/mol. The standard InChI is InChI=1S/C9H23N3/c1-7-10(5)12(9(3)4)11(6)8-2/h9H,7-8H2,1-6H3. The molecule has 12 heavy (non-hydrogen) atoms. The van der Waals surface area contributed by atoms with Crippen LogP contribution in [0.4, 0.5) is 0 Å². The van der Waals surface area contributed by atoms with E-state index in [1.807, 2.05) is 0 Å². The Morgan fingerprint density at radius 3 is 1.42 bits per heavy atom. The van der Waals surface area contributed by atoms with Crippen molar-refractivity contribution in [3.8, 4) is 0 Å². The van der Waals surface area contributed by atoms with Crippen LogP contribution in [0.15, 0.2) is 0 Å². The molecule has 0 rings (SSSR count). The van der Waals surface area contributed by atoms with Crippen molar-refractivity contribution in [2.45, 2.75) is 33.7 Å². The lowest BCUT2D eigenvalue weighted by Crippen LogP contribution is -2.53. The van der Waals surface area contributed by atoms with E-state index in [9.17, 15) is 0 Å². The molecule has 0 saturated heterocycles. The molecule has 0 aromatic rings. The van der Waals surface area contributed by atoms with Gasteiger partial charge in [-0.1, -0.05) is 13.8 Å². The maximum Gasteiger partial charge on any atom is 0.0348 e. The van der Waals surface area contributed by atoms with Gasteiger partial charge in [0.15, 0.2) is 0 Å². The summed E-state index contributed by atoms with van der Waals surface area (Å²) < 4.78 is 0. The van der Waals surface area contributed by atoms with Gasteiger partial charge < -0.3 is 0 Å². The molecular weight excluding hydrogens is 150 g/mol. The normalized spacial score (nSPS) is 12.5. The Morgan fingerprint density at radius 2 is 1.25 bits per heavy atom. The van der Waals surface area contributed by atoms with Crippen LogP contribution in [0.3, 0.4) is 0 Å². The highest BCUT2D eigenvalue weighted by Gasteiger charge is 2.16. The van der Waals surface area contributed by atoms with E-state index < -0.39 is 0 Å². The third-order valence-electron chi connectivity index (χ3n) is 2.08. The van der Waals surface area contributed by atoms with E-state index in [-0.39, 0.29) is 0 Å². The zero-order valence-electron chi connectivity index (χ0n) is 9.33. The SMILES string of the molecule is CCN(C)N(C(C)C)N(C)CC. The fraction of sp³-hybridized carbons (Fsp3) is 1.00. The van der Waals surface area contributed by atoms with Gasteiger partial charge in [-0.25, -0.2) is 10.0 Å². The summed E-state index contributed by atoms with van der Waals surface area (Å²) in [6.07, 6.45) is 0. The van der Waals surface area contributed by atoms with Crippen LogP contribution < -0.4 is 0 Å². The Kier molecular flexibility index (Phi) is 5.46. The molecule has 3 heteroatoms. The molecular formula is C9H23N3. The first kappa shape index (κ1) is 11.9. The number of hydrogen-bond donors (Lipinski definition) is 0. The van der Waals surface area contributed by atoms with Crippen molar-refractivity contribution < 1.29 is 0 Å². The summed E-state index contributed by atoms with van der Waals surface area (Å²) in [5.41, 5.74) is 0. The van der Waals surface area contributed by atoms with Crippen LogP contribution in [0.5, 0.6) is 0 Å². The number of hydrogen-bond acceptors (Lipinski definition) is 3. The van der Waals surface area contributed by atoms with E-state index in [1.54, 1.807) is 0 Å². The number of rotatable bonds is 5. The maximum absolute atomic E-state index is 2.28. The first-order chi connectivity index (χ1) is 5.54. The topological polar surface area (TPSA) is 9.72 Å². The van der Waals surface area contributed by atoms with E-state index in [0.717, 1.165) is 13.1 Å². The molecule has 0 aromatic heterocycles. The summed E-state index contributed by atoms with van der Waals surface area (Å²) >= 11 is 0. The quantitative estimate of drug-likeness (QED) is 0.582. The van der Waals surface area contributed by atoms with Crippen molar-refractivity contribution in [1.29, 1.82) is 0 Å². The maximum atomic E-state index is 2.28. The van der Waals surface area contributed by atoms with Crippen LogP contribution in [0.1, 0.15) is 27.7 Å². The molecule has 0 radical (unpaired) electrons. The molecule has 0 bridgehead atoms. The van der Waals surface area contributed by atoms with Gasteiger partial charge in [0.2, 0.25) is 0 Å². The summed E-state index contributed by atoms with van der Waals surface area (Å²) in [4.78, 5) is 0. The molecule has 0 aliphatic carbocycles. The summed E-state index contributed by atoms with van der Waals surface area (Å²) in [7, 11) is 4.23. The zero-order chi connectivity index (χ0) is 9.72. The second kappa shape index (κ2) is 5.51. The predicted octanol–water partition coefficient (Wildman–Crippen LogP) is 1.43. The molecule has 0 spiro atoms. The Hall–Kier alpha value is -0.120. The Labute approximate surface area is 76.9 Å². The van der Waals surface area contributed by atoms with Gasteiger partial charge in [-0.3, -0.25) is 0 Å². The molecule has 0 saturated carbocycles. The minimum absolute atomic E-state index is 0.528. The van der Waals surface area contributed by atoms with E-state index in [2.05, 4.69) is 56.9 Å². The highest BCUT2D eigenvalue weighted by Crippen LogP contribution is 2.04. The number of nitrogens with zero attached hydrogens (tertiary/aromatic N) is 3. The van der Waals surface area contributed by atoms with Crippen molar-refractivity contribution >= 4 is 0 Å². The smallest absolute Gasteiger partial charge is 0.0348 e. The molecule has 0 fully saturated rings. The van der Waals surface area contributed by atoms with Crippen LogP contribution in [-0.2, 0) is 0 Å². The summed E-state index contributed by atoms with van der Waals surface area (Å²) in [5, 5.41) is 6.74. The van der Waals surface area contributed by atoms with Crippen LogP contribution in [0.25, 0.3) is 0 Å². The van der Waals surface area contributed by atoms with Crippen molar-refractivity contribution in [2.75, 3.05) is 27.2 Å². The third kappa shape index (κ3) is 3.09. The fourth-order valence-corrected chi connectivity index (χ4v) is 1.34. The zero-order valence-corrected chi connectivity index (χ0v) is 9.33. The Balaban J connectivity index is 4.21. The molecule has 0 N–H and O–H groups in total. The first-order valence-electron chi connectivity index (χ1n) is 4.75. The van der Waals surface area contributed by atoms with E-state index in [1.165, 1.54) is 0 Å². The Morgan fingerprint density at radius 1 is 0.917 bits per heavy atom. The monoisotopic (exact) mass is 173 g/mol. The minimum Gasteiger partial charge on any atom is -0.231 e. The molecule has 0 heterocycles. The molecule has 0 aliphatic rings. The van der Waals surface area contributed by atoms with Gasteiger partial charge in [0.05, 0.1) is 0 Å². The minimum atomic E-state index is 0.528. The van der Waals surface area contributed by atoms with Crippen molar-refractivity contribution in [3.05, 3.63) is 0 Å². The van der Waals surface area contributed by atoms with Crippen molar-refractivity contribution in [3.63, 3.8) is 0 Å². The van der Waals surface area contributed by atoms with E-state index >= 15 is 0 Å². The number of hydrazine groups is 2. The second-order valence-electron chi connectivity index (χ2n) is 3.36. The van der Waals surface area contributed by atoms with Crippen molar-refractivity contribution in [2.24, 2.45) is 0 Å². The van der Waals surface area contributed by atoms with E-state index in [0.29, 0.717) is 6.04 Å². The van der Waals surface area contributed by atoms with Crippen LogP contribution >= 0.6 is 0 Å². The van der Waals surface area contributed by atoms with Gasteiger partial charge in [-0.2, -0.15) is 5.12 Å². The molecule has 0 aliphatic heterocycles. The first-order valence-corrected chi connectivity index (χ1v) is 4.75. The van der Waals surface area contributed by atoms with Crippen molar-refractivity contribution in [1.82, 2.24) is 15.1 Å². The predicted molar refractivity (Wildman–Crippen MR) is 53.6 cm³/mol. The highest BCUT2D eigenvalue weighted by atomic mass is 15.9. The van der Waals surface area contributed by atoms with E-state index in [4.69, 9.17) is 0 Å². The third-order valence-corrected chi connectivity index (χ3v) is 2.08. The molecule has 74 valence electrons. The highest BCUT2D eigenvalue weighted by molar-refractivity contribution is 4.54. The van der Waals surface area contributed by atoms with Gasteiger partial charge in [-0.05, 0) is 13.8 Å².